The first-order valence-corrected chi connectivity index (χ1v) is 8.91. The molecule has 0 aliphatic rings. The predicted molar refractivity (Wildman–Crippen MR) is 88.3 cm³/mol. The summed E-state index contributed by atoms with van der Waals surface area (Å²) < 4.78 is 5.48. The number of imide groups is 1. The van der Waals surface area contributed by atoms with Crippen LogP contribution < -0.4 is 10.6 Å². The van der Waals surface area contributed by atoms with Gasteiger partial charge in [-0.05, 0) is 18.6 Å². The third-order valence-electron chi connectivity index (χ3n) is 2.25. The van der Waals surface area contributed by atoms with E-state index in [0.29, 0.717) is 16.6 Å². The summed E-state index contributed by atoms with van der Waals surface area (Å²) in [5.74, 6) is -0.378. The molecule has 1 heterocycles. The number of thioether (sulfide) groups is 1. The van der Waals surface area contributed by atoms with Crippen molar-refractivity contribution in [1.82, 2.24) is 10.6 Å². The maximum atomic E-state index is 11.5. The third kappa shape index (κ3) is 8.26. The predicted octanol–water partition coefficient (Wildman–Crippen LogP) is 2.41. The third-order valence-corrected chi connectivity index (χ3v) is 4.61. The van der Waals surface area contributed by atoms with Crippen molar-refractivity contribution in [2.45, 2.75) is 19.1 Å². The molecule has 0 bridgehead atoms. The second kappa shape index (κ2) is 10.5. The molecular weight excluding hydrogens is 348 g/mol. The maximum absolute atomic E-state index is 11.5. The molecule has 0 spiro atoms. The van der Waals surface area contributed by atoms with Gasteiger partial charge in [-0.15, -0.1) is 23.1 Å². The summed E-state index contributed by atoms with van der Waals surface area (Å²) in [6.07, 6.45) is 0.767. The Morgan fingerprint density at radius 3 is 2.77 bits per heavy atom. The molecule has 122 valence electrons. The Morgan fingerprint density at radius 1 is 1.36 bits per heavy atom. The highest BCUT2D eigenvalue weighted by Crippen LogP contribution is 2.25. The number of esters is 1. The second-order valence-corrected chi connectivity index (χ2v) is 6.95. The number of halogens is 1. The van der Waals surface area contributed by atoms with Crippen LogP contribution in [0.2, 0.25) is 4.34 Å². The molecule has 0 saturated carbocycles. The number of urea groups is 1. The first kappa shape index (κ1) is 18.8. The summed E-state index contributed by atoms with van der Waals surface area (Å²) in [4.78, 5) is 35.1. The van der Waals surface area contributed by atoms with Gasteiger partial charge >= 0.3 is 12.0 Å². The fraction of sp³-hybridized carbons (Fsp3) is 0.462. The van der Waals surface area contributed by atoms with Crippen LogP contribution in [0.15, 0.2) is 12.1 Å². The van der Waals surface area contributed by atoms with Crippen LogP contribution in [0, 0.1) is 0 Å². The van der Waals surface area contributed by atoms with Gasteiger partial charge in [0.25, 0.3) is 5.91 Å². The first-order valence-electron chi connectivity index (χ1n) is 6.56. The lowest BCUT2D eigenvalue weighted by Crippen LogP contribution is -2.41. The quantitative estimate of drug-likeness (QED) is 0.692. The van der Waals surface area contributed by atoms with Crippen LogP contribution in [0.3, 0.4) is 0 Å². The van der Waals surface area contributed by atoms with Crippen LogP contribution in [0.1, 0.15) is 18.2 Å². The van der Waals surface area contributed by atoms with Gasteiger partial charge in [-0.1, -0.05) is 18.5 Å². The summed E-state index contributed by atoms with van der Waals surface area (Å²) in [5, 5.41) is 4.55. The van der Waals surface area contributed by atoms with Crippen molar-refractivity contribution in [3.8, 4) is 0 Å². The number of nitrogens with one attached hydrogen (secondary N) is 2. The van der Waals surface area contributed by atoms with Crippen molar-refractivity contribution < 1.29 is 19.1 Å². The molecular formula is C13H17ClN2O4S2. The van der Waals surface area contributed by atoms with Crippen LogP contribution in [-0.4, -0.2) is 36.8 Å². The number of carbonyl (C=O) groups is 3. The fourth-order valence-corrected chi connectivity index (χ4v) is 3.32. The van der Waals surface area contributed by atoms with E-state index >= 15 is 0 Å². The van der Waals surface area contributed by atoms with Crippen LogP contribution in [0.4, 0.5) is 4.79 Å². The largest absolute Gasteiger partial charge is 0.455 e. The summed E-state index contributed by atoms with van der Waals surface area (Å²) in [5.41, 5.74) is 0. The minimum Gasteiger partial charge on any atom is -0.455 e. The topological polar surface area (TPSA) is 84.5 Å². The lowest BCUT2D eigenvalue weighted by Gasteiger charge is -2.06. The minimum atomic E-state index is -0.656. The number of thiophene rings is 1. The van der Waals surface area contributed by atoms with Crippen molar-refractivity contribution in [3.05, 3.63) is 21.3 Å². The van der Waals surface area contributed by atoms with Gasteiger partial charge in [-0.3, -0.25) is 14.9 Å². The van der Waals surface area contributed by atoms with E-state index in [2.05, 4.69) is 10.6 Å². The van der Waals surface area contributed by atoms with Gasteiger partial charge in [0.1, 0.15) is 0 Å². The van der Waals surface area contributed by atoms with Crippen molar-refractivity contribution in [3.63, 3.8) is 0 Å². The smallest absolute Gasteiger partial charge is 0.321 e. The van der Waals surface area contributed by atoms with E-state index in [9.17, 15) is 14.4 Å². The standard InChI is InChI=1S/C13H17ClN2O4S2/c1-2-5-15-13(19)16-11(17)6-20-12(18)8-21-7-9-3-4-10(14)22-9/h3-4H,2,5-8H2,1H3,(H2,15,16,17,19). The highest BCUT2D eigenvalue weighted by atomic mass is 35.5. The molecule has 9 heteroatoms. The number of hydrogen-bond acceptors (Lipinski definition) is 6. The highest BCUT2D eigenvalue weighted by Gasteiger charge is 2.10. The van der Waals surface area contributed by atoms with E-state index in [0.717, 1.165) is 11.3 Å². The summed E-state index contributed by atoms with van der Waals surface area (Å²) in [6.45, 7) is 1.90. The number of amides is 3. The van der Waals surface area contributed by atoms with E-state index in [-0.39, 0.29) is 5.75 Å². The molecule has 0 fully saturated rings. The molecule has 0 unspecified atom stereocenters. The van der Waals surface area contributed by atoms with Crippen LogP contribution >= 0.6 is 34.7 Å². The minimum absolute atomic E-state index is 0.130. The van der Waals surface area contributed by atoms with Crippen molar-refractivity contribution in [2.24, 2.45) is 0 Å². The SMILES string of the molecule is CCCNC(=O)NC(=O)COC(=O)CSCc1ccc(Cl)s1. The zero-order chi connectivity index (χ0) is 16.4. The Hall–Kier alpha value is -1.25. The molecule has 1 rings (SSSR count). The fourth-order valence-electron chi connectivity index (χ4n) is 1.30. The molecule has 0 aliphatic heterocycles. The molecule has 0 aliphatic carbocycles. The van der Waals surface area contributed by atoms with E-state index in [1.54, 1.807) is 6.07 Å². The molecule has 2 N–H and O–H groups in total. The molecule has 22 heavy (non-hydrogen) atoms. The number of hydrogen-bond donors (Lipinski definition) is 2. The lowest BCUT2D eigenvalue weighted by atomic mass is 10.5. The molecule has 3 amide bonds. The molecule has 0 aromatic carbocycles. The number of carbonyl (C=O) groups excluding carboxylic acids is 3. The van der Waals surface area contributed by atoms with Gasteiger partial charge in [-0.2, -0.15) is 0 Å². The molecule has 6 nitrogen and oxygen atoms in total. The lowest BCUT2D eigenvalue weighted by molar-refractivity contribution is -0.145. The van der Waals surface area contributed by atoms with Gasteiger partial charge in [0.2, 0.25) is 0 Å². The Morgan fingerprint density at radius 2 is 2.14 bits per heavy atom. The molecule has 0 radical (unpaired) electrons. The number of rotatable bonds is 8. The van der Waals surface area contributed by atoms with Crippen molar-refractivity contribution in [1.29, 1.82) is 0 Å². The average Bonchev–Trinajstić information content (AvgIpc) is 2.88. The van der Waals surface area contributed by atoms with Crippen LogP contribution in [0.5, 0.6) is 0 Å². The van der Waals surface area contributed by atoms with E-state index in [4.69, 9.17) is 16.3 Å². The van der Waals surface area contributed by atoms with E-state index < -0.39 is 24.5 Å². The average molecular weight is 365 g/mol. The maximum Gasteiger partial charge on any atom is 0.321 e. The van der Waals surface area contributed by atoms with Gasteiger partial charge in [0.15, 0.2) is 6.61 Å². The van der Waals surface area contributed by atoms with E-state index in [1.165, 1.54) is 23.1 Å². The van der Waals surface area contributed by atoms with Crippen LogP contribution in [-0.2, 0) is 20.1 Å². The molecule has 1 aromatic rings. The van der Waals surface area contributed by atoms with Gasteiger partial charge < -0.3 is 10.1 Å². The number of ether oxygens (including phenoxy) is 1. The summed E-state index contributed by atoms with van der Waals surface area (Å²) in [6, 6.07) is 3.11. The first-order chi connectivity index (χ1) is 10.5. The van der Waals surface area contributed by atoms with Crippen molar-refractivity contribution in [2.75, 3.05) is 18.9 Å². The van der Waals surface area contributed by atoms with Gasteiger partial charge in [0, 0.05) is 17.2 Å². The highest BCUT2D eigenvalue weighted by molar-refractivity contribution is 7.99. The summed E-state index contributed by atoms with van der Waals surface area (Å²) in [7, 11) is 0. The summed E-state index contributed by atoms with van der Waals surface area (Å²) >= 11 is 8.63. The van der Waals surface area contributed by atoms with Crippen LogP contribution in [0.25, 0.3) is 0 Å². The van der Waals surface area contributed by atoms with Gasteiger partial charge in [0.05, 0.1) is 10.1 Å². The Balaban J connectivity index is 2.12. The molecule has 0 atom stereocenters. The zero-order valence-corrected chi connectivity index (χ0v) is 14.4. The normalized spacial score (nSPS) is 10.1. The Bertz CT molecular complexity index is 522. The Kier molecular flexibility index (Phi) is 8.95. The Labute approximate surface area is 141 Å². The zero-order valence-electron chi connectivity index (χ0n) is 12.0. The van der Waals surface area contributed by atoms with Crippen molar-refractivity contribution >= 4 is 52.6 Å². The monoisotopic (exact) mass is 364 g/mol. The van der Waals surface area contributed by atoms with E-state index in [1.807, 2.05) is 13.0 Å². The second-order valence-electron chi connectivity index (χ2n) is 4.16. The molecule has 1 aromatic heterocycles. The van der Waals surface area contributed by atoms with Gasteiger partial charge in [-0.25, -0.2) is 4.79 Å². The molecule has 0 saturated heterocycles.